The second-order valence-corrected chi connectivity index (χ2v) is 7.13. The molecule has 28 heavy (non-hydrogen) atoms. The first-order valence-electron chi connectivity index (χ1n) is 8.48. The van der Waals surface area contributed by atoms with Crippen molar-refractivity contribution < 1.29 is 9.18 Å². The Kier molecular flexibility index (Phi) is 4.19. The Morgan fingerprint density at radius 1 is 1.18 bits per heavy atom. The van der Waals surface area contributed by atoms with E-state index in [9.17, 15) is 14.0 Å². The Balaban J connectivity index is 2.22. The smallest absolute Gasteiger partial charge is 0.296 e. The molecule has 4 rings (SSSR count). The lowest BCUT2D eigenvalue weighted by Gasteiger charge is -2.13. The van der Waals surface area contributed by atoms with Gasteiger partial charge in [-0.25, -0.2) is 4.39 Å². The van der Waals surface area contributed by atoms with Crippen LogP contribution in [0.4, 0.5) is 4.39 Å². The van der Waals surface area contributed by atoms with E-state index in [1.165, 1.54) is 23.1 Å². The summed E-state index contributed by atoms with van der Waals surface area (Å²) in [5.74, 6) is -0.867. The summed E-state index contributed by atoms with van der Waals surface area (Å²) in [6.07, 6.45) is 0. The van der Waals surface area contributed by atoms with Crippen LogP contribution in [0.25, 0.3) is 27.5 Å². The highest BCUT2D eigenvalue weighted by Crippen LogP contribution is 2.30. The summed E-state index contributed by atoms with van der Waals surface area (Å²) in [5, 5.41) is 5.98. The number of hydrogen-bond acceptors (Lipinski definition) is 3. The molecule has 0 saturated heterocycles. The Morgan fingerprint density at radius 3 is 2.61 bits per heavy atom. The Bertz CT molecular complexity index is 1320. The molecule has 0 bridgehead atoms. The third kappa shape index (κ3) is 2.66. The van der Waals surface area contributed by atoms with Crippen molar-refractivity contribution in [2.75, 3.05) is 14.1 Å². The van der Waals surface area contributed by atoms with E-state index in [0.717, 1.165) is 4.68 Å². The van der Waals surface area contributed by atoms with Crippen molar-refractivity contribution in [2.45, 2.75) is 0 Å². The third-order valence-electron chi connectivity index (χ3n) is 4.66. The van der Waals surface area contributed by atoms with Gasteiger partial charge in [0.2, 0.25) is 0 Å². The third-order valence-corrected chi connectivity index (χ3v) is 4.89. The summed E-state index contributed by atoms with van der Waals surface area (Å²) in [7, 11) is 4.94. The van der Waals surface area contributed by atoms with Gasteiger partial charge in [0.05, 0.1) is 11.2 Å². The lowest BCUT2D eigenvalue weighted by molar-refractivity contribution is 0.0822. The molecule has 0 aliphatic rings. The first kappa shape index (κ1) is 18.2. The minimum atomic E-state index is -0.504. The topological polar surface area (TPSA) is 60.1 Å². The van der Waals surface area contributed by atoms with Crippen molar-refractivity contribution in [3.8, 4) is 5.69 Å². The van der Waals surface area contributed by atoms with Gasteiger partial charge < -0.3 is 9.47 Å². The lowest BCUT2D eigenvalue weighted by Crippen LogP contribution is -2.29. The van der Waals surface area contributed by atoms with E-state index in [1.807, 2.05) is 0 Å². The van der Waals surface area contributed by atoms with Crippen LogP contribution in [0.3, 0.4) is 0 Å². The van der Waals surface area contributed by atoms with Crippen molar-refractivity contribution in [3.05, 3.63) is 69.4 Å². The molecule has 142 valence electrons. The van der Waals surface area contributed by atoms with E-state index in [-0.39, 0.29) is 17.3 Å². The Labute approximate surface area is 164 Å². The van der Waals surface area contributed by atoms with Crippen molar-refractivity contribution in [2.24, 2.45) is 7.05 Å². The molecule has 6 nitrogen and oxygen atoms in total. The second-order valence-electron chi connectivity index (χ2n) is 6.69. The van der Waals surface area contributed by atoms with Crippen LogP contribution in [0, 0.1) is 5.82 Å². The second kappa shape index (κ2) is 6.45. The van der Waals surface area contributed by atoms with Gasteiger partial charge in [0.1, 0.15) is 11.3 Å². The number of benzene rings is 2. The summed E-state index contributed by atoms with van der Waals surface area (Å²) in [6.45, 7) is 0. The van der Waals surface area contributed by atoms with Crippen LogP contribution in [-0.4, -0.2) is 39.3 Å². The van der Waals surface area contributed by atoms with Crippen LogP contribution in [0.5, 0.6) is 0 Å². The van der Waals surface area contributed by atoms with E-state index < -0.39 is 11.4 Å². The fourth-order valence-corrected chi connectivity index (χ4v) is 3.51. The lowest BCUT2D eigenvalue weighted by atomic mass is 10.1. The standard InChI is InChI=1S/C20H16ClFN4O2/c1-24(2)19(27)17-16-14-8-7-11(21)9-15(14)25(3)18(16)20(28)26(23-17)13-6-4-5-12(22)10-13/h4-10H,1-3H3. The fraction of sp³-hybridized carbons (Fsp3) is 0.150. The van der Waals surface area contributed by atoms with Gasteiger partial charge in [0.15, 0.2) is 5.69 Å². The molecule has 8 heteroatoms. The number of aromatic nitrogens is 3. The highest BCUT2D eigenvalue weighted by atomic mass is 35.5. The van der Waals surface area contributed by atoms with Gasteiger partial charge in [0.25, 0.3) is 11.5 Å². The molecule has 4 aromatic rings. The zero-order chi connectivity index (χ0) is 20.2. The monoisotopic (exact) mass is 398 g/mol. The number of carbonyl (C=O) groups excluding carboxylic acids is 1. The van der Waals surface area contributed by atoms with Crippen molar-refractivity contribution in [3.63, 3.8) is 0 Å². The largest absolute Gasteiger partial charge is 0.343 e. The van der Waals surface area contributed by atoms with E-state index in [1.54, 1.807) is 50.0 Å². The van der Waals surface area contributed by atoms with Crippen molar-refractivity contribution in [1.29, 1.82) is 0 Å². The number of halogens is 2. The summed E-state index contributed by atoms with van der Waals surface area (Å²) in [5.41, 5.74) is 0.887. The summed E-state index contributed by atoms with van der Waals surface area (Å²) >= 11 is 6.13. The number of amides is 1. The first-order chi connectivity index (χ1) is 13.3. The van der Waals surface area contributed by atoms with Crippen LogP contribution >= 0.6 is 11.6 Å². The van der Waals surface area contributed by atoms with Gasteiger partial charge in [-0.05, 0) is 30.3 Å². The molecule has 2 aromatic heterocycles. The molecule has 0 radical (unpaired) electrons. The molecule has 0 unspecified atom stereocenters. The molecule has 0 spiro atoms. The molecule has 1 amide bonds. The van der Waals surface area contributed by atoms with Gasteiger partial charge in [-0.1, -0.05) is 23.7 Å². The summed E-state index contributed by atoms with van der Waals surface area (Å²) in [6, 6.07) is 10.7. The SMILES string of the molecule is CN(C)C(=O)c1nn(-c2cccc(F)c2)c(=O)c2c1c1ccc(Cl)cc1n2C. The molecule has 2 heterocycles. The summed E-state index contributed by atoms with van der Waals surface area (Å²) < 4.78 is 16.5. The number of carbonyl (C=O) groups is 1. The predicted octanol–water partition coefficient (Wildman–Crippen LogP) is 3.37. The Morgan fingerprint density at radius 2 is 1.93 bits per heavy atom. The molecular formula is C20H16ClFN4O2. The quantitative estimate of drug-likeness (QED) is 0.520. The molecule has 0 N–H and O–H groups in total. The zero-order valence-electron chi connectivity index (χ0n) is 15.4. The first-order valence-corrected chi connectivity index (χ1v) is 8.86. The van der Waals surface area contributed by atoms with Crippen LogP contribution in [-0.2, 0) is 7.05 Å². The minimum absolute atomic E-state index is 0.108. The van der Waals surface area contributed by atoms with E-state index in [0.29, 0.717) is 26.8 Å². The molecule has 0 atom stereocenters. The van der Waals surface area contributed by atoms with Crippen LogP contribution in [0.1, 0.15) is 10.5 Å². The molecular weight excluding hydrogens is 383 g/mol. The number of aryl methyl sites for hydroxylation is 1. The molecule has 0 aliphatic heterocycles. The maximum atomic E-state index is 13.7. The van der Waals surface area contributed by atoms with E-state index >= 15 is 0 Å². The number of rotatable bonds is 2. The van der Waals surface area contributed by atoms with Crippen LogP contribution in [0.15, 0.2) is 47.3 Å². The zero-order valence-corrected chi connectivity index (χ0v) is 16.2. The Hall–Kier alpha value is -3.19. The number of hydrogen-bond donors (Lipinski definition) is 0. The number of fused-ring (bicyclic) bond motifs is 3. The van der Waals surface area contributed by atoms with Gasteiger partial charge >= 0.3 is 0 Å². The summed E-state index contributed by atoms with van der Waals surface area (Å²) in [4.78, 5) is 27.5. The average molecular weight is 399 g/mol. The maximum Gasteiger partial charge on any atom is 0.296 e. The van der Waals surface area contributed by atoms with Gasteiger partial charge in [0, 0.05) is 36.9 Å². The molecule has 2 aromatic carbocycles. The molecule has 0 fully saturated rings. The van der Waals surface area contributed by atoms with Crippen LogP contribution < -0.4 is 5.56 Å². The predicted molar refractivity (Wildman–Crippen MR) is 107 cm³/mol. The van der Waals surface area contributed by atoms with E-state index in [2.05, 4.69) is 5.10 Å². The highest BCUT2D eigenvalue weighted by molar-refractivity contribution is 6.31. The normalized spacial score (nSPS) is 11.3. The molecule has 0 saturated carbocycles. The van der Waals surface area contributed by atoms with Gasteiger partial charge in [-0.15, -0.1) is 0 Å². The van der Waals surface area contributed by atoms with Crippen LogP contribution in [0.2, 0.25) is 5.02 Å². The molecule has 0 aliphatic carbocycles. The number of nitrogens with zero attached hydrogens (tertiary/aromatic N) is 4. The van der Waals surface area contributed by atoms with Gasteiger partial charge in [-0.3, -0.25) is 9.59 Å². The van der Waals surface area contributed by atoms with Crippen molar-refractivity contribution >= 4 is 39.3 Å². The van der Waals surface area contributed by atoms with Crippen molar-refractivity contribution in [1.82, 2.24) is 19.2 Å². The fourth-order valence-electron chi connectivity index (χ4n) is 3.34. The maximum absolute atomic E-state index is 13.7. The minimum Gasteiger partial charge on any atom is -0.343 e. The van der Waals surface area contributed by atoms with Gasteiger partial charge in [-0.2, -0.15) is 9.78 Å². The average Bonchev–Trinajstić information content (AvgIpc) is 2.94. The van der Waals surface area contributed by atoms with E-state index in [4.69, 9.17) is 11.6 Å². The highest BCUT2D eigenvalue weighted by Gasteiger charge is 2.24.